The predicted octanol–water partition coefficient (Wildman–Crippen LogP) is 4.14. The van der Waals surface area contributed by atoms with E-state index in [1.54, 1.807) is 6.92 Å². The highest BCUT2D eigenvalue weighted by Crippen LogP contribution is 2.30. The van der Waals surface area contributed by atoms with Crippen LogP contribution in [0.3, 0.4) is 0 Å². The number of carbonyl (C=O) groups excluding carboxylic acids is 4. The zero-order chi connectivity index (χ0) is 33.4. The molecule has 244 valence electrons. The van der Waals surface area contributed by atoms with Crippen LogP contribution in [-0.2, 0) is 37.0 Å². The van der Waals surface area contributed by atoms with E-state index in [1.165, 1.54) is 55.5 Å². The number of benzene rings is 2. The third-order valence-corrected chi connectivity index (χ3v) is 8.55. The molecule has 16 nitrogen and oxygen atoms in total. The van der Waals surface area contributed by atoms with Crippen molar-refractivity contribution in [3.05, 3.63) is 79.9 Å². The number of hydrogen-bond acceptors (Lipinski definition) is 12. The van der Waals surface area contributed by atoms with Crippen molar-refractivity contribution in [3.63, 3.8) is 0 Å². The Kier molecular flexibility index (Phi) is 11.2. The first-order valence-electron chi connectivity index (χ1n) is 14.2. The number of nitro benzene ring substituents is 2. The maximum absolute atomic E-state index is 12.8. The molecule has 0 bridgehead atoms. The van der Waals surface area contributed by atoms with Gasteiger partial charge in [-0.3, -0.25) is 29.8 Å². The van der Waals surface area contributed by atoms with Crippen LogP contribution >= 0.6 is 11.8 Å². The minimum absolute atomic E-state index is 0.0329. The van der Waals surface area contributed by atoms with Gasteiger partial charge in [0.05, 0.1) is 21.8 Å². The number of likely N-dealkylation sites (tertiary alicyclic amines) is 1. The molecule has 2 aromatic rings. The van der Waals surface area contributed by atoms with Crippen molar-refractivity contribution in [2.24, 2.45) is 10.9 Å². The highest BCUT2D eigenvalue weighted by atomic mass is 32.2. The first kappa shape index (κ1) is 33.8. The number of non-ortho nitro benzene ring substituents is 2. The molecule has 2 heterocycles. The Hall–Kier alpha value is -5.06. The Morgan fingerprint density at radius 3 is 2.11 bits per heavy atom. The van der Waals surface area contributed by atoms with Crippen molar-refractivity contribution in [2.75, 3.05) is 13.1 Å². The minimum atomic E-state index is -1.01. The summed E-state index contributed by atoms with van der Waals surface area (Å²) in [6.07, 6.45) is -1.97. The van der Waals surface area contributed by atoms with Gasteiger partial charge in [-0.25, -0.2) is 9.59 Å². The summed E-state index contributed by atoms with van der Waals surface area (Å²) in [4.78, 5) is 75.7. The molecule has 0 radical (unpaired) electrons. The number of rotatable bonds is 11. The maximum atomic E-state index is 12.8. The van der Waals surface area contributed by atoms with Crippen molar-refractivity contribution in [1.82, 2.24) is 10.2 Å². The topological polar surface area (TPSA) is 210 Å². The van der Waals surface area contributed by atoms with Gasteiger partial charge in [0, 0.05) is 49.0 Å². The molecular formula is C29H31N5O11S. The SMILES string of the molecule is CC(=NC(=O)OCc1ccc([N+](=O)[O-])cc1)N1CCC(SC(=O)C[C@H]2NC(=O)[C@@H]2[C@@H](C)OC(=O)OCc2ccc([N+](=O)[O-])cc2)C1. The number of hydrogen-bond donors (Lipinski definition) is 1. The van der Waals surface area contributed by atoms with Crippen molar-refractivity contribution >= 4 is 52.2 Å². The third-order valence-electron chi connectivity index (χ3n) is 7.41. The average molecular weight is 658 g/mol. The molecule has 1 unspecified atom stereocenters. The normalized spacial score (nSPS) is 19.8. The Balaban J connectivity index is 1.17. The summed E-state index contributed by atoms with van der Waals surface area (Å²) in [6.45, 7) is 3.98. The Morgan fingerprint density at radius 2 is 1.57 bits per heavy atom. The number of amides is 2. The monoisotopic (exact) mass is 657 g/mol. The van der Waals surface area contributed by atoms with Gasteiger partial charge in [-0.15, -0.1) is 0 Å². The lowest BCUT2D eigenvalue weighted by atomic mass is 9.84. The van der Waals surface area contributed by atoms with Gasteiger partial charge >= 0.3 is 12.2 Å². The zero-order valence-corrected chi connectivity index (χ0v) is 25.7. The largest absolute Gasteiger partial charge is 0.508 e. The number of thioether (sulfide) groups is 1. The standard InChI is InChI=1S/C29H31N5O11S/c1-17(45-29(38)44-16-20-5-9-22(10-6-20)34(41)42)26-24(31-27(26)36)13-25(35)46-23-11-12-32(14-23)18(2)30-28(37)43-15-19-3-7-21(8-4-19)33(39)40/h3-10,17,23-24,26H,11-16H2,1-2H3,(H,31,36)/t17-,23?,24-,26-/m1/s1. The van der Waals surface area contributed by atoms with Gasteiger partial charge in [-0.1, -0.05) is 11.8 Å². The number of ether oxygens (including phenoxy) is 3. The lowest BCUT2D eigenvalue weighted by Crippen LogP contribution is -2.62. The number of nitro groups is 2. The molecule has 2 aromatic carbocycles. The highest BCUT2D eigenvalue weighted by molar-refractivity contribution is 8.14. The minimum Gasteiger partial charge on any atom is -0.443 e. The quantitative estimate of drug-likeness (QED) is 0.0900. The van der Waals surface area contributed by atoms with Crippen LogP contribution in [-0.4, -0.2) is 74.3 Å². The van der Waals surface area contributed by atoms with Crippen molar-refractivity contribution in [3.8, 4) is 0 Å². The lowest BCUT2D eigenvalue weighted by Gasteiger charge is -2.39. The Bertz CT molecular complexity index is 1520. The maximum Gasteiger partial charge on any atom is 0.508 e. The molecule has 2 aliphatic heterocycles. The molecule has 2 aliphatic rings. The zero-order valence-electron chi connectivity index (χ0n) is 24.9. The molecule has 46 heavy (non-hydrogen) atoms. The molecule has 2 fully saturated rings. The lowest BCUT2D eigenvalue weighted by molar-refractivity contribution is -0.385. The van der Waals surface area contributed by atoms with Crippen LogP contribution in [0.4, 0.5) is 21.0 Å². The van der Waals surface area contributed by atoms with Crippen LogP contribution in [0.25, 0.3) is 0 Å². The molecule has 4 rings (SSSR count). The van der Waals surface area contributed by atoms with Crippen molar-refractivity contribution < 1.29 is 43.2 Å². The second-order valence-corrected chi connectivity index (χ2v) is 12.0. The van der Waals surface area contributed by atoms with E-state index in [1.807, 2.05) is 4.90 Å². The van der Waals surface area contributed by atoms with Crippen molar-refractivity contribution in [2.45, 2.75) is 57.3 Å². The van der Waals surface area contributed by atoms with E-state index < -0.39 is 40.2 Å². The van der Waals surface area contributed by atoms with Crippen LogP contribution in [0.5, 0.6) is 0 Å². The molecule has 2 amide bonds. The fourth-order valence-electron chi connectivity index (χ4n) is 4.91. The summed E-state index contributed by atoms with van der Waals surface area (Å²) < 4.78 is 15.5. The highest BCUT2D eigenvalue weighted by Gasteiger charge is 2.46. The number of amidine groups is 1. The van der Waals surface area contributed by atoms with Gasteiger partial charge in [0.25, 0.3) is 11.4 Å². The fourth-order valence-corrected chi connectivity index (χ4v) is 6.04. The fraction of sp³-hybridized carbons (Fsp3) is 0.414. The van der Waals surface area contributed by atoms with E-state index >= 15 is 0 Å². The first-order valence-corrected chi connectivity index (χ1v) is 15.0. The average Bonchev–Trinajstić information content (AvgIpc) is 3.47. The Morgan fingerprint density at radius 1 is 1.00 bits per heavy atom. The number of nitrogens with one attached hydrogen (secondary N) is 1. The van der Waals surface area contributed by atoms with Crippen LogP contribution in [0.2, 0.25) is 0 Å². The second-order valence-electron chi connectivity index (χ2n) is 10.6. The van der Waals surface area contributed by atoms with E-state index in [0.717, 1.165) is 11.8 Å². The van der Waals surface area contributed by atoms with Crippen LogP contribution < -0.4 is 5.32 Å². The third kappa shape index (κ3) is 9.23. The number of β-lactam (4-membered cyclic amide) rings is 1. The molecule has 2 saturated heterocycles. The number of aliphatic imine (C=N–C) groups is 1. The van der Waals surface area contributed by atoms with Gasteiger partial charge in [0.1, 0.15) is 25.2 Å². The molecule has 1 N–H and O–H groups in total. The van der Waals surface area contributed by atoms with Crippen molar-refractivity contribution in [1.29, 1.82) is 0 Å². The van der Waals surface area contributed by atoms with E-state index in [-0.39, 0.29) is 47.3 Å². The molecule has 0 aliphatic carbocycles. The smallest absolute Gasteiger partial charge is 0.443 e. The molecule has 0 aromatic heterocycles. The predicted molar refractivity (Wildman–Crippen MR) is 163 cm³/mol. The van der Waals surface area contributed by atoms with E-state index in [0.29, 0.717) is 36.5 Å². The molecule has 0 saturated carbocycles. The second kappa shape index (κ2) is 15.3. The molecule has 17 heteroatoms. The van der Waals surface area contributed by atoms with E-state index in [2.05, 4.69) is 10.3 Å². The van der Waals surface area contributed by atoms with Gasteiger partial charge in [-0.2, -0.15) is 4.99 Å². The van der Waals surface area contributed by atoms with Gasteiger partial charge in [-0.05, 0) is 55.7 Å². The summed E-state index contributed by atoms with van der Waals surface area (Å²) in [5, 5.41) is 24.0. The van der Waals surface area contributed by atoms with E-state index in [4.69, 9.17) is 14.2 Å². The van der Waals surface area contributed by atoms with Gasteiger partial charge < -0.3 is 24.4 Å². The molecule has 4 atom stereocenters. The summed E-state index contributed by atoms with van der Waals surface area (Å²) in [5.74, 6) is -0.650. The van der Waals surface area contributed by atoms with Crippen LogP contribution in [0.15, 0.2) is 53.5 Å². The number of carbonyl (C=O) groups is 4. The molecular weight excluding hydrogens is 626 g/mol. The summed E-state index contributed by atoms with van der Waals surface area (Å²) in [5.41, 5.74) is 0.930. The summed E-state index contributed by atoms with van der Waals surface area (Å²) in [6, 6.07) is 10.6. The first-order chi connectivity index (χ1) is 21.9. The summed E-state index contributed by atoms with van der Waals surface area (Å²) in [7, 11) is 0. The Labute approximate surface area is 266 Å². The van der Waals surface area contributed by atoms with Crippen LogP contribution in [0.1, 0.15) is 37.8 Å². The molecule has 0 spiro atoms. The van der Waals surface area contributed by atoms with Gasteiger partial charge in [0.2, 0.25) is 5.91 Å². The van der Waals surface area contributed by atoms with E-state index in [9.17, 15) is 39.4 Å². The van der Waals surface area contributed by atoms with Crippen LogP contribution in [0, 0.1) is 26.1 Å². The van der Waals surface area contributed by atoms with Gasteiger partial charge in [0.15, 0.2) is 5.12 Å². The number of nitrogens with zero attached hydrogens (tertiary/aromatic N) is 4. The summed E-state index contributed by atoms with van der Waals surface area (Å²) >= 11 is 1.15.